The number of rotatable bonds is 5. The van der Waals surface area contributed by atoms with Gasteiger partial charge >= 0.3 is 6.18 Å². The third-order valence-electron chi connectivity index (χ3n) is 5.73. The minimum atomic E-state index is -4.65. The van der Waals surface area contributed by atoms with E-state index < -0.39 is 17.9 Å². The van der Waals surface area contributed by atoms with Gasteiger partial charge in [-0.2, -0.15) is 13.2 Å². The number of H-pyrrole nitrogens is 1. The molecule has 1 amide bonds. The van der Waals surface area contributed by atoms with E-state index in [2.05, 4.69) is 19.8 Å². The molecule has 2 aliphatic heterocycles. The van der Waals surface area contributed by atoms with Crippen LogP contribution < -0.4 is 0 Å². The van der Waals surface area contributed by atoms with Crippen molar-refractivity contribution < 1.29 is 22.7 Å². The van der Waals surface area contributed by atoms with Crippen LogP contribution >= 0.6 is 0 Å². The van der Waals surface area contributed by atoms with Gasteiger partial charge in [0.25, 0.3) is 5.91 Å². The molecule has 10 heteroatoms. The summed E-state index contributed by atoms with van der Waals surface area (Å²) in [5, 5.41) is 0. The van der Waals surface area contributed by atoms with Crippen LogP contribution in [0.2, 0.25) is 0 Å². The molecule has 31 heavy (non-hydrogen) atoms. The first kappa shape index (κ1) is 21.8. The van der Waals surface area contributed by atoms with Crippen LogP contribution in [0.25, 0.3) is 11.3 Å². The maximum absolute atomic E-state index is 13.3. The van der Waals surface area contributed by atoms with E-state index in [1.165, 1.54) is 0 Å². The van der Waals surface area contributed by atoms with Crippen molar-refractivity contribution in [2.24, 2.45) is 0 Å². The van der Waals surface area contributed by atoms with Crippen molar-refractivity contribution >= 4 is 5.91 Å². The molecule has 2 aromatic rings. The highest BCUT2D eigenvalue weighted by Gasteiger charge is 2.38. The Balaban J connectivity index is 1.42. The number of aromatic amines is 1. The Morgan fingerprint density at radius 2 is 1.58 bits per heavy atom. The normalized spacial score (nSPS) is 19.0. The van der Waals surface area contributed by atoms with Crippen LogP contribution in [-0.4, -0.2) is 96.1 Å². The Bertz CT molecular complexity index is 873. The van der Waals surface area contributed by atoms with Gasteiger partial charge in [0.05, 0.1) is 13.2 Å². The maximum Gasteiger partial charge on any atom is 0.449 e. The van der Waals surface area contributed by atoms with Crippen molar-refractivity contribution in [3.63, 3.8) is 0 Å². The number of imidazole rings is 1. The largest absolute Gasteiger partial charge is 0.449 e. The number of amides is 1. The van der Waals surface area contributed by atoms with Crippen LogP contribution in [0.5, 0.6) is 0 Å². The topological polar surface area (TPSA) is 64.7 Å². The molecule has 0 atom stereocenters. The zero-order valence-corrected chi connectivity index (χ0v) is 17.2. The number of nitrogens with one attached hydrogen (secondary N) is 1. The molecule has 1 N–H and O–H groups in total. The first-order valence-electron chi connectivity index (χ1n) is 10.5. The highest BCUT2D eigenvalue weighted by molar-refractivity contribution is 5.98. The molecule has 2 aliphatic rings. The third-order valence-corrected chi connectivity index (χ3v) is 5.73. The second kappa shape index (κ2) is 9.37. The predicted molar refractivity (Wildman–Crippen MR) is 109 cm³/mol. The van der Waals surface area contributed by atoms with Gasteiger partial charge in [0, 0.05) is 57.9 Å². The minimum absolute atomic E-state index is 0.0349. The first-order chi connectivity index (χ1) is 14.9. The number of ether oxygens (including phenoxy) is 1. The molecule has 0 unspecified atom stereocenters. The molecule has 0 saturated carbocycles. The van der Waals surface area contributed by atoms with Crippen LogP contribution in [0.1, 0.15) is 16.3 Å². The molecule has 2 fully saturated rings. The SMILES string of the molecule is O=C(c1[nH]c(C(F)(F)F)nc1-c1ccccc1)N1CCN(CCN2CCOCC2)CC1. The number of alkyl halides is 3. The van der Waals surface area contributed by atoms with E-state index in [4.69, 9.17) is 4.74 Å². The van der Waals surface area contributed by atoms with Crippen molar-refractivity contribution in [2.45, 2.75) is 6.18 Å². The van der Waals surface area contributed by atoms with Gasteiger partial charge in [-0.1, -0.05) is 30.3 Å². The van der Waals surface area contributed by atoms with Crippen LogP contribution in [0.4, 0.5) is 13.2 Å². The maximum atomic E-state index is 13.3. The first-order valence-corrected chi connectivity index (χ1v) is 10.5. The molecule has 168 valence electrons. The van der Waals surface area contributed by atoms with Gasteiger partial charge in [-0.25, -0.2) is 4.98 Å². The average molecular weight is 437 g/mol. The summed E-state index contributed by atoms with van der Waals surface area (Å²) in [6.45, 7) is 7.56. The van der Waals surface area contributed by atoms with Crippen LogP contribution in [-0.2, 0) is 10.9 Å². The summed E-state index contributed by atoms with van der Waals surface area (Å²) in [6.07, 6.45) is -4.65. The number of aromatic nitrogens is 2. The molecule has 7 nitrogen and oxygen atoms in total. The van der Waals surface area contributed by atoms with E-state index in [9.17, 15) is 18.0 Å². The lowest BCUT2D eigenvalue weighted by atomic mass is 10.1. The Morgan fingerprint density at radius 3 is 2.19 bits per heavy atom. The Labute approximate surface area is 178 Å². The molecule has 0 bridgehead atoms. The van der Waals surface area contributed by atoms with Gasteiger partial charge in [0.2, 0.25) is 5.82 Å². The Kier molecular flexibility index (Phi) is 6.59. The lowest BCUT2D eigenvalue weighted by molar-refractivity contribution is -0.144. The van der Waals surface area contributed by atoms with E-state index in [0.29, 0.717) is 31.7 Å². The van der Waals surface area contributed by atoms with Crippen molar-refractivity contribution in [3.8, 4) is 11.3 Å². The van der Waals surface area contributed by atoms with Gasteiger partial charge in [-0.15, -0.1) is 0 Å². The molecule has 3 heterocycles. The molecule has 1 aromatic carbocycles. The van der Waals surface area contributed by atoms with Crippen LogP contribution in [0.15, 0.2) is 30.3 Å². The van der Waals surface area contributed by atoms with E-state index in [0.717, 1.165) is 39.4 Å². The van der Waals surface area contributed by atoms with Gasteiger partial charge in [-0.3, -0.25) is 14.6 Å². The number of hydrogen-bond donors (Lipinski definition) is 1. The molecule has 0 spiro atoms. The quantitative estimate of drug-likeness (QED) is 0.777. The van der Waals surface area contributed by atoms with Gasteiger partial charge in [-0.05, 0) is 0 Å². The van der Waals surface area contributed by atoms with E-state index in [1.54, 1.807) is 35.2 Å². The second-order valence-electron chi connectivity index (χ2n) is 7.76. The summed E-state index contributed by atoms with van der Waals surface area (Å²) >= 11 is 0. The standard InChI is InChI=1S/C21H26F3N5O2/c22-21(23,24)20-25-17(16-4-2-1-3-5-16)18(26-20)19(30)29-10-8-27(9-11-29)6-7-28-12-14-31-15-13-28/h1-5H,6-15H2,(H,25,26). The number of carbonyl (C=O) groups excluding carboxylic acids is 1. The summed E-state index contributed by atoms with van der Waals surface area (Å²) in [7, 11) is 0. The fourth-order valence-corrected chi connectivity index (χ4v) is 3.91. The fraction of sp³-hybridized carbons (Fsp3) is 0.524. The summed E-state index contributed by atoms with van der Waals surface area (Å²) < 4.78 is 45.1. The van der Waals surface area contributed by atoms with Gasteiger partial charge < -0.3 is 14.6 Å². The molecule has 0 radical (unpaired) electrons. The van der Waals surface area contributed by atoms with Crippen molar-refractivity contribution in [2.75, 3.05) is 65.6 Å². The molecular weight excluding hydrogens is 411 g/mol. The number of halogens is 3. The lowest BCUT2D eigenvalue weighted by Gasteiger charge is -2.36. The van der Waals surface area contributed by atoms with Crippen molar-refractivity contribution in [1.29, 1.82) is 0 Å². The third kappa shape index (κ3) is 5.25. The predicted octanol–water partition coefficient (Wildman–Crippen LogP) is 2.19. The number of piperazine rings is 1. The highest BCUT2D eigenvalue weighted by atomic mass is 19.4. The molecule has 2 saturated heterocycles. The smallest absolute Gasteiger partial charge is 0.379 e. The molecule has 0 aliphatic carbocycles. The zero-order valence-electron chi connectivity index (χ0n) is 17.2. The summed E-state index contributed by atoms with van der Waals surface area (Å²) in [5.74, 6) is -1.60. The Morgan fingerprint density at radius 1 is 0.968 bits per heavy atom. The molecule has 1 aromatic heterocycles. The zero-order chi connectivity index (χ0) is 21.8. The average Bonchev–Trinajstić information content (AvgIpc) is 3.25. The fourth-order valence-electron chi connectivity index (χ4n) is 3.91. The van der Waals surface area contributed by atoms with Crippen LogP contribution in [0.3, 0.4) is 0 Å². The summed E-state index contributed by atoms with van der Waals surface area (Å²) in [4.78, 5) is 25.3. The molecule has 4 rings (SSSR count). The summed E-state index contributed by atoms with van der Waals surface area (Å²) in [5.41, 5.74) is 0.398. The number of morpholine rings is 1. The van der Waals surface area contributed by atoms with Crippen molar-refractivity contribution in [3.05, 3.63) is 41.9 Å². The lowest BCUT2D eigenvalue weighted by Crippen LogP contribution is -2.51. The van der Waals surface area contributed by atoms with Gasteiger partial charge in [0.1, 0.15) is 11.4 Å². The minimum Gasteiger partial charge on any atom is -0.379 e. The van der Waals surface area contributed by atoms with E-state index in [1.807, 2.05) is 0 Å². The number of hydrogen-bond acceptors (Lipinski definition) is 5. The van der Waals surface area contributed by atoms with Gasteiger partial charge in [0.15, 0.2) is 0 Å². The highest BCUT2D eigenvalue weighted by Crippen LogP contribution is 2.31. The van der Waals surface area contributed by atoms with E-state index in [-0.39, 0.29) is 11.4 Å². The summed E-state index contributed by atoms with van der Waals surface area (Å²) in [6, 6.07) is 8.48. The number of nitrogens with zero attached hydrogens (tertiary/aromatic N) is 4. The Hall–Kier alpha value is -2.43. The second-order valence-corrected chi connectivity index (χ2v) is 7.76. The number of benzene rings is 1. The van der Waals surface area contributed by atoms with Crippen LogP contribution in [0, 0.1) is 0 Å². The molecular formula is C21H26F3N5O2. The van der Waals surface area contributed by atoms with Crippen molar-refractivity contribution in [1.82, 2.24) is 24.7 Å². The number of carbonyl (C=O) groups is 1. The van der Waals surface area contributed by atoms with E-state index >= 15 is 0 Å². The monoisotopic (exact) mass is 437 g/mol.